The van der Waals surface area contributed by atoms with E-state index in [2.05, 4.69) is 30.4 Å². The van der Waals surface area contributed by atoms with Gasteiger partial charge in [-0.3, -0.25) is 4.79 Å². The minimum atomic E-state index is -0.0845. The molecule has 2 aromatic heterocycles. The summed E-state index contributed by atoms with van der Waals surface area (Å²) in [5.41, 5.74) is 4.42. The molecule has 5 nitrogen and oxygen atoms in total. The molecule has 128 valence electrons. The molecule has 7 heteroatoms. The van der Waals surface area contributed by atoms with Gasteiger partial charge in [0.1, 0.15) is 12.8 Å². The van der Waals surface area contributed by atoms with Gasteiger partial charge in [-0.25, -0.2) is 4.68 Å². The fraction of sp³-hybridized carbons (Fsp3) is 0.471. The lowest BCUT2D eigenvalue weighted by Crippen LogP contribution is -2.27. The fourth-order valence-electron chi connectivity index (χ4n) is 3.14. The molecule has 0 bridgehead atoms. The lowest BCUT2D eigenvalue weighted by atomic mass is 9.74. The largest absolute Gasteiger partial charge is 0.399 e. The monoisotopic (exact) mass is 363 g/mol. The number of carbonyl (C=O) groups excluding carboxylic acids is 1. The zero-order chi connectivity index (χ0) is 17.5. The predicted molar refractivity (Wildman–Crippen MR) is 99.3 cm³/mol. The Balaban J connectivity index is 2.19. The van der Waals surface area contributed by atoms with Gasteiger partial charge in [-0.05, 0) is 36.1 Å². The van der Waals surface area contributed by atoms with Crippen molar-refractivity contribution < 1.29 is 9.63 Å². The van der Waals surface area contributed by atoms with Crippen molar-refractivity contribution in [2.24, 2.45) is 10.6 Å². The molecule has 3 rings (SSSR count). The molecule has 0 aliphatic heterocycles. The maximum atomic E-state index is 11.5. The quantitative estimate of drug-likeness (QED) is 0.602. The van der Waals surface area contributed by atoms with Crippen LogP contribution in [0.5, 0.6) is 0 Å². The van der Waals surface area contributed by atoms with E-state index in [9.17, 15) is 4.79 Å². The third-order valence-electron chi connectivity index (χ3n) is 4.10. The number of thioether (sulfide) groups is 1. The Morgan fingerprint density at radius 3 is 2.79 bits per heavy atom. The molecule has 2 aromatic rings. The molecule has 0 saturated heterocycles. The predicted octanol–water partition coefficient (Wildman–Crippen LogP) is 4.32. The van der Waals surface area contributed by atoms with Crippen LogP contribution >= 0.6 is 23.1 Å². The zero-order valence-corrected chi connectivity index (χ0v) is 16.2. The summed E-state index contributed by atoms with van der Waals surface area (Å²) in [6.07, 6.45) is 5.65. The molecule has 0 amide bonds. The Labute approximate surface area is 150 Å². The first-order chi connectivity index (χ1) is 11.4. The van der Waals surface area contributed by atoms with Crippen LogP contribution in [-0.2, 0) is 11.3 Å². The number of hydrogen-bond acceptors (Lipinski definition) is 6. The van der Waals surface area contributed by atoms with Crippen LogP contribution < -0.4 is 0 Å². The number of nitrogens with zero attached hydrogens (tertiary/aromatic N) is 3. The second-order valence-electron chi connectivity index (χ2n) is 6.68. The number of rotatable bonds is 3. The Morgan fingerprint density at radius 2 is 2.21 bits per heavy atom. The average Bonchev–Trinajstić information content (AvgIpc) is 3.10. The summed E-state index contributed by atoms with van der Waals surface area (Å²) in [7, 11) is 1.59. The molecule has 0 fully saturated rings. The van der Waals surface area contributed by atoms with Crippen LogP contribution in [0.2, 0.25) is 0 Å². The summed E-state index contributed by atoms with van der Waals surface area (Å²) in [5.74, 6) is -0.0845. The lowest BCUT2D eigenvalue weighted by Gasteiger charge is -2.31. The van der Waals surface area contributed by atoms with Crippen LogP contribution in [0.3, 0.4) is 0 Å². The van der Waals surface area contributed by atoms with Crippen LogP contribution in [-0.4, -0.2) is 34.8 Å². The Kier molecular flexibility index (Phi) is 4.57. The fourth-order valence-corrected chi connectivity index (χ4v) is 5.21. The van der Waals surface area contributed by atoms with Crippen molar-refractivity contribution in [2.75, 3.05) is 13.4 Å². The van der Waals surface area contributed by atoms with Crippen LogP contribution in [0.25, 0.3) is 10.6 Å². The van der Waals surface area contributed by atoms with E-state index < -0.39 is 0 Å². The molecule has 0 spiro atoms. The van der Waals surface area contributed by atoms with Crippen LogP contribution in [0.1, 0.15) is 43.1 Å². The van der Waals surface area contributed by atoms with Crippen molar-refractivity contribution in [1.82, 2.24) is 9.78 Å². The minimum Gasteiger partial charge on any atom is -0.399 e. The molecular formula is C17H21N3O2S2. The van der Waals surface area contributed by atoms with Gasteiger partial charge in [0.15, 0.2) is 0 Å². The third-order valence-corrected chi connectivity index (χ3v) is 6.47. The molecule has 0 aromatic carbocycles. The van der Waals surface area contributed by atoms with Gasteiger partial charge in [-0.15, -0.1) is 23.1 Å². The minimum absolute atomic E-state index is 0.0845. The number of aromatic nitrogens is 2. The van der Waals surface area contributed by atoms with Crippen LogP contribution in [0.4, 0.5) is 0 Å². The second-order valence-corrected chi connectivity index (χ2v) is 8.77. The number of thiophene rings is 1. The number of carbonyl (C=O) groups is 1. The first-order valence-corrected chi connectivity index (χ1v) is 9.77. The molecule has 0 unspecified atom stereocenters. The van der Waals surface area contributed by atoms with E-state index in [1.807, 2.05) is 6.07 Å². The number of fused-ring (bicyclic) bond motifs is 1. The summed E-state index contributed by atoms with van der Waals surface area (Å²) in [6, 6.07) is 1.91. The van der Waals surface area contributed by atoms with Gasteiger partial charge in [0.25, 0.3) is 0 Å². The average molecular weight is 364 g/mol. The van der Waals surface area contributed by atoms with Crippen LogP contribution in [0, 0.1) is 5.41 Å². The lowest BCUT2D eigenvalue weighted by molar-refractivity contribution is 0.0921. The third kappa shape index (κ3) is 3.02. The summed E-state index contributed by atoms with van der Waals surface area (Å²) in [5, 5.41) is 8.75. The van der Waals surface area contributed by atoms with Crippen molar-refractivity contribution in [3.63, 3.8) is 0 Å². The van der Waals surface area contributed by atoms with Crippen molar-refractivity contribution in [2.45, 2.75) is 37.8 Å². The van der Waals surface area contributed by atoms with Gasteiger partial charge in [0, 0.05) is 18.7 Å². The molecule has 1 aliphatic carbocycles. The molecule has 1 aliphatic rings. The highest BCUT2D eigenvalue weighted by Crippen LogP contribution is 2.48. The number of oxime groups is 1. The summed E-state index contributed by atoms with van der Waals surface area (Å²) < 4.78 is 2.61. The highest BCUT2D eigenvalue weighted by molar-refractivity contribution is 8.00. The second kappa shape index (κ2) is 6.37. The van der Waals surface area contributed by atoms with E-state index in [0.29, 0.717) is 0 Å². The van der Waals surface area contributed by atoms with Crippen molar-refractivity contribution in [3.05, 3.63) is 23.4 Å². The highest BCUT2D eigenvalue weighted by atomic mass is 32.2. The topological polar surface area (TPSA) is 56.5 Å². The van der Waals surface area contributed by atoms with Crippen molar-refractivity contribution in [3.8, 4) is 10.6 Å². The molecule has 0 atom stereocenters. The van der Waals surface area contributed by atoms with Gasteiger partial charge >= 0.3 is 0 Å². The van der Waals surface area contributed by atoms with E-state index >= 15 is 0 Å². The maximum absolute atomic E-state index is 11.5. The maximum Gasteiger partial charge on any atom is 0.243 e. The Morgan fingerprint density at radius 1 is 1.46 bits per heavy atom. The number of hydrogen-bond donors (Lipinski definition) is 0. The van der Waals surface area contributed by atoms with Crippen molar-refractivity contribution >= 4 is 34.7 Å². The van der Waals surface area contributed by atoms with E-state index in [1.165, 1.54) is 26.9 Å². The SMILES string of the molecule is CO/N=C1/CC(C)(C)Cc2c(-c3ccn(C(C)=O)n3)sc(SC)c21. The Hall–Kier alpha value is -1.60. The van der Waals surface area contributed by atoms with Gasteiger partial charge in [-0.1, -0.05) is 19.0 Å². The summed E-state index contributed by atoms with van der Waals surface area (Å²) >= 11 is 3.45. The van der Waals surface area contributed by atoms with E-state index in [4.69, 9.17) is 4.84 Å². The zero-order valence-electron chi connectivity index (χ0n) is 14.5. The molecule has 24 heavy (non-hydrogen) atoms. The summed E-state index contributed by atoms with van der Waals surface area (Å²) in [6.45, 7) is 6.01. The molecule has 0 radical (unpaired) electrons. The van der Waals surface area contributed by atoms with E-state index in [0.717, 1.165) is 29.1 Å². The van der Waals surface area contributed by atoms with E-state index in [-0.39, 0.29) is 11.3 Å². The smallest absolute Gasteiger partial charge is 0.243 e. The first-order valence-electron chi connectivity index (χ1n) is 7.73. The normalized spacial score (nSPS) is 17.8. The first kappa shape index (κ1) is 17.2. The molecular weight excluding hydrogens is 342 g/mol. The van der Waals surface area contributed by atoms with Crippen LogP contribution in [0.15, 0.2) is 21.6 Å². The summed E-state index contributed by atoms with van der Waals surface area (Å²) in [4.78, 5) is 17.8. The van der Waals surface area contributed by atoms with Gasteiger partial charge in [0.05, 0.1) is 14.8 Å². The van der Waals surface area contributed by atoms with Crippen molar-refractivity contribution in [1.29, 1.82) is 0 Å². The van der Waals surface area contributed by atoms with Gasteiger partial charge in [-0.2, -0.15) is 5.10 Å². The van der Waals surface area contributed by atoms with Gasteiger partial charge in [0.2, 0.25) is 5.91 Å². The van der Waals surface area contributed by atoms with Gasteiger partial charge < -0.3 is 4.84 Å². The Bertz CT molecular complexity index is 818. The molecule has 0 saturated carbocycles. The van der Waals surface area contributed by atoms with E-state index in [1.54, 1.807) is 36.4 Å². The standard InChI is InChI=1S/C17H21N3O2S2/c1-10(21)20-7-6-12(18-20)15-11-8-17(2,3)9-13(19-22-4)14(11)16(23-5)24-15/h6-7H,8-9H2,1-5H3/b19-13-. The molecule has 0 N–H and O–H groups in total. The molecule has 2 heterocycles. The highest BCUT2D eigenvalue weighted by Gasteiger charge is 2.36.